The Morgan fingerprint density at radius 1 is 1.39 bits per heavy atom. The molecule has 0 bridgehead atoms. The summed E-state index contributed by atoms with van der Waals surface area (Å²) in [6.07, 6.45) is 4.42. The Bertz CT molecular complexity index is 535. The van der Waals surface area contributed by atoms with Gasteiger partial charge in [-0.2, -0.15) is 0 Å². The van der Waals surface area contributed by atoms with Gasteiger partial charge in [0.25, 0.3) is 0 Å². The topological polar surface area (TPSA) is 34.2 Å². The second-order valence-electron chi connectivity index (χ2n) is 4.77. The number of benzene rings is 1. The van der Waals surface area contributed by atoms with Crippen molar-refractivity contribution in [3.63, 3.8) is 0 Å². The molecule has 2 aromatic rings. The van der Waals surface area contributed by atoms with Gasteiger partial charge in [-0.3, -0.25) is 4.98 Å². The summed E-state index contributed by atoms with van der Waals surface area (Å²) in [7, 11) is 2.00. The Kier molecular flexibility index (Phi) is 3.26. The van der Waals surface area contributed by atoms with Crippen LogP contribution < -0.4 is 5.32 Å². The minimum Gasteiger partial charge on any atom is -0.376 e. The summed E-state index contributed by atoms with van der Waals surface area (Å²) >= 11 is 0. The first-order chi connectivity index (χ1) is 8.88. The second kappa shape index (κ2) is 5.04. The lowest BCUT2D eigenvalue weighted by Gasteiger charge is -2.23. The number of aromatic nitrogens is 1. The summed E-state index contributed by atoms with van der Waals surface area (Å²) in [6, 6.07) is 10.8. The lowest BCUT2D eigenvalue weighted by atomic mass is 9.98. The lowest BCUT2D eigenvalue weighted by Crippen LogP contribution is -2.28. The van der Waals surface area contributed by atoms with E-state index < -0.39 is 0 Å². The molecular weight excluding hydrogens is 224 g/mol. The molecule has 3 heteroatoms. The van der Waals surface area contributed by atoms with E-state index in [1.807, 2.05) is 19.3 Å². The highest BCUT2D eigenvalue weighted by molar-refractivity contribution is 5.79. The Morgan fingerprint density at radius 2 is 2.33 bits per heavy atom. The molecule has 0 radical (unpaired) electrons. The maximum Gasteiger partial charge on any atom is 0.0770 e. The molecule has 1 fully saturated rings. The van der Waals surface area contributed by atoms with Gasteiger partial charge in [0.05, 0.1) is 17.7 Å². The summed E-state index contributed by atoms with van der Waals surface area (Å²) in [5, 5.41) is 4.56. The van der Waals surface area contributed by atoms with Gasteiger partial charge < -0.3 is 10.1 Å². The summed E-state index contributed by atoms with van der Waals surface area (Å²) in [6.45, 7) is 0.884. The minimum absolute atomic E-state index is 0.263. The predicted molar refractivity (Wildman–Crippen MR) is 72.5 cm³/mol. The zero-order chi connectivity index (χ0) is 12.4. The van der Waals surface area contributed by atoms with Crippen LogP contribution in [0.3, 0.4) is 0 Å². The molecule has 1 N–H and O–H groups in total. The molecule has 1 aromatic heterocycles. The molecule has 2 atom stereocenters. The highest BCUT2D eigenvalue weighted by Gasteiger charge is 2.26. The number of rotatable bonds is 3. The average Bonchev–Trinajstić information content (AvgIpc) is 2.93. The molecule has 1 aliphatic rings. The minimum atomic E-state index is 0.263. The quantitative estimate of drug-likeness (QED) is 0.898. The monoisotopic (exact) mass is 242 g/mol. The van der Waals surface area contributed by atoms with Crippen molar-refractivity contribution in [3.8, 4) is 0 Å². The van der Waals surface area contributed by atoms with Crippen LogP contribution in [0.25, 0.3) is 10.9 Å². The fourth-order valence-electron chi connectivity index (χ4n) is 2.71. The molecule has 94 valence electrons. The summed E-state index contributed by atoms with van der Waals surface area (Å²) in [4.78, 5) is 4.42. The predicted octanol–water partition coefficient (Wildman–Crippen LogP) is 2.67. The number of pyridine rings is 1. The van der Waals surface area contributed by atoms with Crippen molar-refractivity contribution in [2.75, 3.05) is 13.7 Å². The van der Waals surface area contributed by atoms with Crippen LogP contribution in [-0.4, -0.2) is 24.7 Å². The molecule has 3 nitrogen and oxygen atoms in total. The fourth-order valence-corrected chi connectivity index (χ4v) is 2.71. The van der Waals surface area contributed by atoms with E-state index in [4.69, 9.17) is 4.74 Å². The van der Waals surface area contributed by atoms with Gasteiger partial charge in [-0.05, 0) is 37.6 Å². The number of hydrogen-bond acceptors (Lipinski definition) is 3. The molecule has 1 aliphatic heterocycles. The zero-order valence-electron chi connectivity index (χ0n) is 10.6. The summed E-state index contributed by atoms with van der Waals surface area (Å²) in [5.74, 6) is 0. The standard InChI is InChI=1S/C15H18N2O/c1-16-15(14-5-3-9-18-14)12-7-6-11-4-2-8-17-13(11)10-12/h2,4,6-8,10,14-16H,3,5,9H2,1H3. The van der Waals surface area contributed by atoms with Gasteiger partial charge >= 0.3 is 0 Å². The molecule has 0 amide bonds. The maximum atomic E-state index is 5.79. The van der Waals surface area contributed by atoms with Gasteiger partial charge in [0.1, 0.15) is 0 Å². The van der Waals surface area contributed by atoms with Crippen LogP contribution in [0.1, 0.15) is 24.4 Å². The van der Waals surface area contributed by atoms with Crippen LogP contribution >= 0.6 is 0 Å². The van der Waals surface area contributed by atoms with Crippen LogP contribution in [0.15, 0.2) is 36.5 Å². The van der Waals surface area contributed by atoms with Crippen molar-refractivity contribution < 1.29 is 4.74 Å². The summed E-state index contributed by atoms with van der Waals surface area (Å²) in [5.41, 5.74) is 2.31. The van der Waals surface area contributed by atoms with Crippen LogP contribution in [0.4, 0.5) is 0 Å². The molecular formula is C15H18N2O. The first-order valence-corrected chi connectivity index (χ1v) is 6.52. The van der Waals surface area contributed by atoms with Crippen LogP contribution in [-0.2, 0) is 4.74 Å². The van der Waals surface area contributed by atoms with Crippen LogP contribution in [0.2, 0.25) is 0 Å². The molecule has 2 heterocycles. The van der Waals surface area contributed by atoms with E-state index in [0.29, 0.717) is 0 Å². The Labute approximate surface area is 107 Å². The van der Waals surface area contributed by atoms with E-state index in [-0.39, 0.29) is 12.1 Å². The normalized spacial score (nSPS) is 21.3. The van der Waals surface area contributed by atoms with Gasteiger partial charge in [0, 0.05) is 18.2 Å². The van der Waals surface area contributed by atoms with Crippen molar-refractivity contribution in [1.82, 2.24) is 10.3 Å². The number of fused-ring (bicyclic) bond motifs is 1. The van der Waals surface area contributed by atoms with Crippen molar-refractivity contribution in [3.05, 3.63) is 42.1 Å². The van der Waals surface area contributed by atoms with Crippen molar-refractivity contribution >= 4 is 10.9 Å². The lowest BCUT2D eigenvalue weighted by molar-refractivity contribution is 0.0808. The van der Waals surface area contributed by atoms with Gasteiger partial charge in [-0.15, -0.1) is 0 Å². The Morgan fingerprint density at radius 3 is 3.11 bits per heavy atom. The SMILES string of the molecule is CNC(c1ccc2cccnc2c1)C1CCCO1. The number of nitrogens with zero attached hydrogens (tertiary/aromatic N) is 1. The van der Waals surface area contributed by atoms with Gasteiger partial charge in [0.15, 0.2) is 0 Å². The van der Waals surface area contributed by atoms with Crippen molar-refractivity contribution in [1.29, 1.82) is 0 Å². The van der Waals surface area contributed by atoms with Crippen molar-refractivity contribution in [2.45, 2.75) is 25.0 Å². The van der Waals surface area contributed by atoms with Gasteiger partial charge in [0.2, 0.25) is 0 Å². The molecule has 0 spiro atoms. The van der Waals surface area contributed by atoms with E-state index in [1.165, 1.54) is 10.9 Å². The van der Waals surface area contributed by atoms with E-state index in [2.05, 4.69) is 34.6 Å². The zero-order valence-corrected chi connectivity index (χ0v) is 10.6. The highest BCUT2D eigenvalue weighted by Crippen LogP contribution is 2.28. The number of nitrogens with one attached hydrogen (secondary N) is 1. The average molecular weight is 242 g/mol. The molecule has 0 saturated carbocycles. The molecule has 18 heavy (non-hydrogen) atoms. The van der Waals surface area contributed by atoms with E-state index in [9.17, 15) is 0 Å². The van der Waals surface area contributed by atoms with Crippen LogP contribution in [0, 0.1) is 0 Å². The van der Waals surface area contributed by atoms with Crippen molar-refractivity contribution in [2.24, 2.45) is 0 Å². The van der Waals surface area contributed by atoms with E-state index in [0.717, 1.165) is 25.0 Å². The Hall–Kier alpha value is -1.45. The number of likely N-dealkylation sites (N-methyl/N-ethyl adjacent to an activating group) is 1. The number of ether oxygens (including phenoxy) is 1. The third-order valence-corrected chi connectivity index (χ3v) is 3.64. The Balaban J connectivity index is 1.96. The second-order valence-corrected chi connectivity index (χ2v) is 4.77. The van der Waals surface area contributed by atoms with E-state index >= 15 is 0 Å². The van der Waals surface area contributed by atoms with Crippen LogP contribution in [0.5, 0.6) is 0 Å². The molecule has 2 unspecified atom stereocenters. The third kappa shape index (κ3) is 2.11. The first kappa shape index (κ1) is 11.6. The van der Waals surface area contributed by atoms with Gasteiger partial charge in [-0.1, -0.05) is 18.2 Å². The highest BCUT2D eigenvalue weighted by atomic mass is 16.5. The van der Waals surface area contributed by atoms with Gasteiger partial charge in [-0.25, -0.2) is 0 Å². The molecule has 1 saturated heterocycles. The first-order valence-electron chi connectivity index (χ1n) is 6.52. The molecule has 3 rings (SSSR count). The maximum absolute atomic E-state index is 5.79. The molecule has 1 aromatic carbocycles. The third-order valence-electron chi connectivity index (χ3n) is 3.64. The largest absolute Gasteiger partial charge is 0.376 e. The smallest absolute Gasteiger partial charge is 0.0770 e. The van der Waals surface area contributed by atoms with E-state index in [1.54, 1.807) is 0 Å². The number of hydrogen-bond donors (Lipinski definition) is 1. The molecule has 0 aliphatic carbocycles. The summed E-state index contributed by atoms with van der Waals surface area (Å²) < 4.78 is 5.79. The fraction of sp³-hybridized carbons (Fsp3) is 0.400.